The molecule has 5 nitrogen and oxygen atoms in total. The van der Waals surface area contributed by atoms with Crippen LogP contribution in [0.3, 0.4) is 0 Å². The van der Waals surface area contributed by atoms with Crippen molar-refractivity contribution in [2.75, 3.05) is 6.54 Å². The van der Waals surface area contributed by atoms with Gasteiger partial charge in [-0.25, -0.2) is 4.98 Å². The molecule has 2 aromatic rings. The lowest BCUT2D eigenvalue weighted by Crippen LogP contribution is -2.38. The van der Waals surface area contributed by atoms with Crippen LogP contribution in [-0.2, 0) is 13.1 Å². The molecule has 1 aliphatic rings. The zero-order valence-electron chi connectivity index (χ0n) is 8.67. The van der Waals surface area contributed by atoms with Crippen LogP contribution in [0.4, 0.5) is 0 Å². The average molecular weight is 217 g/mol. The van der Waals surface area contributed by atoms with E-state index in [2.05, 4.69) is 9.55 Å². The van der Waals surface area contributed by atoms with Crippen LogP contribution < -0.4 is 0 Å². The molecule has 0 saturated carbocycles. The molecule has 0 spiro atoms. The first-order valence-corrected chi connectivity index (χ1v) is 5.17. The van der Waals surface area contributed by atoms with E-state index in [9.17, 15) is 4.79 Å². The minimum Gasteiger partial charge on any atom is -0.459 e. The Morgan fingerprint density at radius 3 is 3.19 bits per heavy atom. The number of hydrogen-bond donors (Lipinski definition) is 0. The topological polar surface area (TPSA) is 51.3 Å². The van der Waals surface area contributed by atoms with Crippen LogP contribution in [0.5, 0.6) is 0 Å². The van der Waals surface area contributed by atoms with E-state index in [0.29, 0.717) is 18.8 Å². The van der Waals surface area contributed by atoms with Crippen LogP contribution in [0.25, 0.3) is 0 Å². The van der Waals surface area contributed by atoms with Crippen molar-refractivity contribution in [3.05, 3.63) is 42.4 Å². The van der Waals surface area contributed by atoms with Gasteiger partial charge in [0.1, 0.15) is 5.82 Å². The molecule has 16 heavy (non-hydrogen) atoms. The molecule has 0 atom stereocenters. The number of hydrogen-bond acceptors (Lipinski definition) is 3. The molecular formula is C11H11N3O2. The lowest BCUT2D eigenvalue weighted by atomic mass is 10.3. The summed E-state index contributed by atoms with van der Waals surface area (Å²) in [6.45, 7) is 2.04. The van der Waals surface area contributed by atoms with Gasteiger partial charge in [-0.1, -0.05) is 0 Å². The summed E-state index contributed by atoms with van der Waals surface area (Å²) in [4.78, 5) is 17.9. The number of fused-ring (bicyclic) bond motifs is 1. The molecule has 82 valence electrons. The van der Waals surface area contributed by atoms with Crippen molar-refractivity contribution in [1.82, 2.24) is 14.5 Å². The Bertz CT molecular complexity index is 501. The maximum absolute atomic E-state index is 12.0. The summed E-state index contributed by atoms with van der Waals surface area (Å²) < 4.78 is 7.16. The van der Waals surface area contributed by atoms with Crippen LogP contribution in [0, 0.1) is 0 Å². The van der Waals surface area contributed by atoms with Gasteiger partial charge < -0.3 is 13.9 Å². The molecule has 0 saturated heterocycles. The molecule has 3 heterocycles. The molecule has 0 aliphatic carbocycles. The van der Waals surface area contributed by atoms with Crippen LogP contribution in [0.15, 0.2) is 35.2 Å². The Labute approximate surface area is 92.3 Å². The van der Waals surface area contributed by atoms with Crippen LogP contribution in [-0.4, -0.2) is 26.9 Å². The Kier molecular flexibility index (Phi) is 2.02. The van der Waals surface area contributed by atoms with E-state index in [1.165, 1.54) is 6.26 Å². The molecule has 5 heteroatoms. The number of rotatable bonds is 1. The van der Waals surface area contributed by atoms with Gasteiger partial charge in [0, 0.05) is 25.5 Å². The summed E-state index contributed by atoms with van der Waals surface area (Å²) in [7, 11) is 0. The third kappa shape index (κ3) is 1.41. The Morgan fingerprint density at radius 1 is 1.44 bits per heavy atom. The van der Waals surface area contributed by atoms with Gasteiger partial charge in [-0.15, -0.1) is 0 Å². The largest absolute Gasteiger partial charge is 0.459 e. The van der Waals surface area contributed by atoms with Gasteiger partial charge in [0.05, 0.1) is 12.8 Å². The Hall–Kier alpha value is -2.04. The first-order valence-electron chi connectivity index (χ1n) is 5.17. The van der Waals surface area contributed by atoms with Gasteiger partial charge in [0.15, 0.2) is 5.76 Å². The minimum absolute atomic E-state index is 0.0701. The van der Waals surface area contributed by atoms with Crippen molar-refractivity contribution in [2.45, 2.75) is 13.1 Å². The molecule has 0 unspecified atom stereocenters. The first-order chi connectivity index (χ1) is 7.84. The number of nitrogens with zero attached hydrogens (tertiary/aromatic N) is 3. The lowest BCUT2D eigenvalue weighted by Gasteiger charge is -2.26. The monoisotopic (exact) mass is 217 g/mol. The zero-order valence-corrected chi connectivity index (χ0v) is 8.67. The van der Waals surface area contributed by atoms with E-state index in [1.54, 1.807) is 23.2 Å². The molecule has 1 amide bonds. The molecule has 0 fully saturated rings. The lowest BCUT2D eigenvalue weighted by molar-refractivity contribution is 0.0675. The SMILES string of the molecule is O=C(c1ccco1)N1CCn2ccnc2C1. The molecule has 1 aliphatic heterocycles. The number of aromatic nitrogens is 2. The van der Waals surface area contributed by atoms with E-state index in [4.69, 9.17) is 4.42 Å². The van der Waals surface area contributed by atoms with Crippen molar-refractivity contribution in [3.63, 3.8) is 0 Å². The van der Waals surface area contributed by atoms with Gasteiger partial charge in [-0.05, 0) is 12.1 Å². The summed E-state index contributed by atoms with van der Waals surface area (Å²) in [5, 5.41) is 0. The maximum Gasteiger partial charge on any atom is 0.290 e. The van der Waals surface area contributed by atoms with Crippen molar-refractivity contribution < 1.29 is 9.21 Å². The van der Waals surface area contributed by atoms with Gasteiger partial charge in [-0.3, -0.25) is 4.79 Å². The second-order valence-electron chi connectivity index (χ2n) is 3.74. The maximum atomic E-state index is 12.0. The minimum atomic E-state index is -0.0701. The van der Waals surface area contributed by atoms with Crippen molar-refractivity contribution in [2.24, 2.45) is 0 Å². The zero-order chi connectivity index (χ0) is 11.0. The Balaban J connectivity index is 1.81. The molecule has 0 N–H and O–H groups in total. The molecule has 0 radical (unpaired) electrons. The summed E-state index contributed by atoms with van der Waals surface area (Å²) in [6.07, 6.45) is 5.21. The normalized spacial score (nSPS) is 14.9. The first kappa shape index (κ1) is 9.21. The second kappa shape index (κ2) is 3.52. The van der Waals surface area contributed by atoms with Gasteiger partial charge in [0.25, 0.3) is 5.91 Å². The molecule has 0 bridgehead atoms. The van der Waals surface area contributed by atoms with E-state index in [-0.39, 0.29) is 5.91 Å². The molecule has 3 rings (SSSR count). The highest BCUT2D eigenvalue weighted by molar-refractivity contribution is 5.91. The molecular weight excluding hydrogens is 206 g/mol. The van der Waals surface area contributed by atoms with Crippen molar-refractivity contribution >= 4 is 5.91 Å². The standard InChI is InChI=1S/C11H11N3O2/c15-11(9-2-1-7-16-9)14-6-5-13-4-3-12-10(13)8-14/h1-4,7H,5-6,8H2. The highest BCUT2D eigenvalue weighted by Gasteiger charge is 2.23. The van der Waals surface area contributed by atoms with Gasteiger partial charge in [-0.2, -0.15) is 0 Å². The third-order valence-electron chi connectivity index (χ3n) is 2.76. The number of carbonyl (C=O) groups excluding carboxylic acids is 1. The number of furan rings is 1. The number of amides is 1. The molecule has 0 aromatic carbocycles. The third-order valence-corrected chi connectivity index (χ3v) is 2.76. The highest BCUT2D eigenvalue weighted by atomic mass is 16.3. The fraction of sp³-hybridized carbons (Fsp3) is 0.273. The predicted molar refractivity (Wildman–Crippen MR) is 55.7 cm³/mol. The quantitative estimate of drug-likeness (QED) is 0.719. The van der Waals surface area contributed by atoms with E-state index >= 15 is 0 Å². The van der Waals surface area contributed by atoms with Crippen molar-refractivity contribution in [1.29, 1.82) is 0 Å². The highest BCUT2D eigenvalue weighted by Crippen LogP contribution is 2.14. The smallest absolute Gasteiger partial charge is 0.290 e. The predicted octanol–water partition coefficient (Wildman–Crippen LogP) is 1.13. The summed E-state index contributed by atoms with van der Waals surface area (Å²) in [6, 6.07) is 3.40. The number of imidazole rings is 1. The number of carbonyl (C=O) groups is 1. The van der Waals surface area contributed by atoms with Crippen LogP contribution in [0.1, 0.15) is 16.4 Å². The second-order valence-corrected chi connectivity index (χ2v) is 3.74. The van der Waals surface area contributed by atoms with Gasteiger partial charge in [0.2, 0.25) is 0 Å². The Morgan fingerprint density at radius 2 is 2.38 bits per heavy atom. The summed E-state index contributed by atoms with van der Waals surface area (Å²) >= 11 is 0. The van der Waals surface area contributed by atoms with E-state index in [1.807, 2.05) is 6.20 Å². The average Bonchev–Trinajstić information content (AvgIpc) is 2.98. The van der Waals surface area contributed by atoms with Crippen molar-refractivity contribution in [3.8, 4) is 0 Å². The van der Waals surface area contributed by atoms with Crippen LogP contribution >= 0.6 is 0 Å². The summed E-state index contributed by atoms with van der Waals surface area (Å²) in [5.74, 6) is 1.24. The van der Waals surface area contributed by atoms with Gasteiger partial charge >= 0.3 is 0 Å². The summed E-state index contributed by atoms with van der Waals surface area (Å²) in [5.41, 5.74) is 0. The van der Waals surface area contributed by atoms with E-state index in [0.717, 1.165) is 12.4 Å². The fourth-order valence-corrected chi connectivity index (χ4v) is 1.90. The van der Waals surface area contributed by atoms with E-state index < -0.39 is 0 Å². The van der Waals surface area contributed by atoms with Crippen LogP contribution in [0.2, 0.25) is 0 Å². The fourth-order valence-electron chi connectivity index (χ4n) is 1.90. The molecule has 2 aromatic heterocycles.